The van der Waals surface area contributed by atoms with E-state index < -0.39 is 97.5 Å². The topological polar surface area (TPSA) is 237 Å². The molecule has 0 amide bonds. The van der Waals surface area contributed by atoms with Gasteiger partial charge in [-0.2, -0.15) is 0 Å². The van der Waals surface area contributed by atoms with Crippen LogP contribution >= 0.6 is 15.6 Å². The van der Waals surface area contributed by atoms with Crippen molar-refractivity contribution >= 4 is 39.5 Å². The summed E-state index contributed by atoms with van der Waals surface area (Å²) in [6, 6.07) is 0. The van der Waals surface area contributed by atoms with Crippen LogP contribution in [0.2, 0.25) is 0 Å². The molecule has 0 saturated heterocycles. The molecule has 0 bridgehead atoms. The van der Waals surface area contributed by atoms with Gasteiger partial charge in [-0.05, 0) is 37.5 Å². The summed E-state index contributed by atoms with van der Waals surface area (Å²) < 4.78 is 68.6. The zero-order valence-electron chi connectivity index (χ0n) is 64.8. The molecule has 6 atom stereocenters. The molecule has 19 heteroatoms. The molecule has 99 heavy (non-hydrogen) atoms. The summed E-state index contributed by atoms with van der Waals surface area (Å²) in [7, 11) is -9.91. The third kappa shape index (κ3) is 72.8. The first kappa shape index (κ1) is 97.1. The van der Waals surface area contributed by atoms with E-state index in [1.165, 1.54) is 231 Å². The monoisotopic (exact) mass is 1450 g/mol. The molecule has 0 aromatic rings. The molecule has 17 nitrogen and oxygen atoms in total. The average Bonchev–Trinajstić information content (AvgIpc) is 1.49. The van der Waals surface area contributed by atoms with E-state index in [1.54, 1.807) is 0 Å². The first-order valence-corrected chi connectivity index (χ1v) is 44.5. The Bertz CT molecular complexity index is 1910. The maximum atomic E-state index is 13.1. The van der Waals surface area contributed by atoms with Gasteiger partial charge in [0.15, 0.2) is 12.2 Å². The minimum absolute atomic E-state index is 0.103. The largest absolute Gasteiger partial charge is 0.472 e. The van der Waals surface area contributed by atoms with E-state index in [9.17, 15) is 43.2 Å². The summed E-state index contributed by atoms with van der Waals surface area (Å²) in [4.78, 5) is 72.9. The zero-order valence-corrected chi connectivity index (χ0v) is 66.6. The van der Waals surface area contributed by atoms with E-state index in [0.29, 0.717) is 31.6 Å². The average molecular weight is 1450 g/mol. The molecular weight excluding hydrogens is 1290 g/mol. The van der Waals surface area contributed by atoms with Crippen LogP contribution in [0.1, 0.15) is 420 Å². The molecular formula is C80H156O17P2. The van der Waals surface area contributed by atoms with Crippen molar-refractivity contribution in [2.45, 2.75) is 439 Å². The van der Waals surface area contributed by atoms with Gasteiger partial charge in [0.2, 0.25) is 0 Å². The number of hydrogen-bond donors (Lipinski definition) is 3. The second-order valence-electron chi connectivity index (χ2n) is 29.5. The van der Waals surface area contributed by atoms with Crippen molar-refractivity contribution in [1.82, 2.24) is 0 Å². The minimum atomic E-state index is -4.96. The third-order valence-electron chi connectivity index (χ3n) is 19.1. The van der Waals surface area contributed by atoms with E-state index >= 15 is 0 Å². The number of phosphoric acid groups is 2. The van der Waals surface area contributed by atoms with Crippen LogP contribution in [-0.4, -0.2) is 96.7 Å². The highest BCUT2D eigenvalue weighted by Gasteiger charge is 2.30. The highest BCUT2D eigenvalue weighted by Crippen LogP contribution is 2.45. The number of carbonyl (C=O) groups is 4. The Hall–Kier alpha value is -1.94. The Morgan fingerprint density at radius 3 is 0.768 bits per heavy atom. The van der Waals surface area contributed by atoms with Gasteiger partial charge in [0.05, 0.1) is 26.4 Å². The summed E-state index contributed by atoms with van der Waals surface area (Å²) in [6.07, 6.45) is 61.4. The predicted octanol–water partition coefficient (Wildman–Crippen LogP) is 23.9. The lowest BCUT2D eigenvalue weighted by molar-refractivity contribution is -0.161. The molecule has 3 N–H and O–H groups in total. The van der Waals surface area contributed by atoms with Crippen molar-refractivity contribution in [2.75, 3.05) is 39.6 Å². The number of aliphatic hydroxyl groups is 1. The van der Waals surface area contributed by atoms with E-state index in [1.807, 2.05) is 0 Å². The van der Waals surface area contributed by atoms with Gasteiger partial charge in [0.1, 0.15) is 19.3 Å². The van der Waals surface area contributed by atoms with Crippen molar-refractivity contribution in [3.05, 3.63) is 0 Å². The Kier molecular flexibility index (Phi) is 70.3. The number of unbranched alkanes of at least 4 members (excludes halogenated alkanes) is 48. The van der Waals surface area contributed by atoms with Crippen LogP contribution < -0.4 is 0 Å². The highest BCUT2D eigenvalue weighted by molar-refractivity contribution is 7.47. The highest BCUT2D eigenvalue weighted by atomic mass is 31.2. The van der Waals surface area contributed by atoms with Crippen LogP contribution in [0, 0.1) is 11.8 Å². The quantitative estimate of drug-likeness (QED) is 0.0222. The van der Waals surface area contributed by atoms with Crippen LogP contribution in [0.15, 0.2) is 0 Å². The van der Waals surface area contributed by atoms with Gasteiger partial charge >= 0.3 is 39.5 Å². The Labute approximate surface area is 607 Å². The van der Waals surface area contributed by atoms with Crippen molar-refractivity contribution in [3.63, 3.8) is 0 Å². The molecule has 3 unspecified atom stereocenters. The molecule has 0 aliphatic heterocycles. The number of ether oxygens (including phenoxy) is 4. The fraction of sp³-hybridized carbons (Fsp3) is 0.950. The number of phosphoric ester groups is 2. The van der Waals surface area contributed by atoms with Gasteiger partial charge in [-0.15, -0.1) is 0 Å². The maximum Gasteiger partial charge on any atom is 0.472 e. The van der Waals surface area contributed by atoms with Crippen LogP contribution in [0.25, 0.3) is 0 Å². The van der Waals surface area contributed by atoms with E-state index in [2.05, 4.69) is 41.5 Å². The summed E-state index contributed by atoms with van der Waals surface area (Å²) >= 11 is 0. The van der Waals surface area contributed by atoms with Crippen LogP contribution in [0.3, 0.4) is 0 Å². The SMILES string of the molecule is CCCCCCCCCCCCCCCCCCCCCCCCC(=O)O[C@H](COC(=O)CCCCCCCCCCCCCCCCCCC)COP(=O)(O)OC[C@@H](O)COP(=O)(O)OC[C@@H](COC(=O)CCCCCCCCC(C)CC)OC(=O)CCCCCCCCCC(C)C. The van der Waals surface area contributed by atoms with Crippen molar-refractivity contribution < 1.29 is 80.2 Å². The molecule has 0 rings (SSSR count). The summed E-state index contributed by atoms with van der Waals surface area (Å²) in [5, 5.41) is 10.6. The van der Waals surface area contributed by atoms with E-state index in [-0.39, 0.29) is 25.7 Å². The number of hydrogen-bond acceptors (Lipinski definition) is 15. The van der Waals surface area contributed by atoms with Gasteiger partial charge in [-0.25, -0.2) is 9.13 Å². The normalized spacial score (nSPS) is 14.2. The van der Waals surface area contributed by atoms with Crippen LogP contribution in [0.4, 0.5) is 0 Å². The number of aliphatic hydroxyl groups excluding tert-OH is 1. The van der Waals surface area contributed by atoms with Crippen LogP contribution in [0.5, 0.6) is 0 Å². The first-order valence-electron chi connectivity index (χ1n) is 41.5. The smallest absolute Gasteiger partial charge is 0.462 e. The second-order valence-corrected chi connectivity index (χ2v) is 32.4. The zero-order chi connectivity index (χ0) is 72.8. The Balaban J connectivity index is 5.19. The second kappa shape index (κ2) is 71.7. The molecule has 0 radical (unpaired) electrons. The van der Waals surface area contributed by atoms with Gasteiger partial charge in [0.25, 0.3) is 0 Å². The Morgan fingerprint density at radius 1 is 0.293 bits per heavy atom. The molecule has 0 aliphatic rings. The van der Waals surface area contributed by atoms with Crippen molar-refractivity contribution in [2.24, 2.45) is 11.8 Å². The lowest BCUT2D eigenvalue weighted by Gasteiger charge is -2.21. The summed E-state index contributed by atoms with van der Waals surface area (Å²) in [6.45, 7) is 9.51. The molecule has 0 aliphatic carbocycles. The number of carbonyl (C=O) groups excluding carboxylic acids is 4. The molecule has 588 valence electrons. The lowest BCUT2D eigenvalue weighted by Crippen LogP contribution is -2.30. The molecule has 0 aromatic carbocycles. The molecule has 0 saturated carbocycles. The van der Waals surface area contributed by atoms with Gasteiger partial charge in [-0.3, -0.25) is 37.3 Å². The molecule has 0 fully saturated rings. The molecule has 0 spiro atoms. The number of esters is 4. The van der Waals surface area contributed by atoms with E-state index in [0.717, 1.165) is 102 Å². The number of rotatable bonds is 79. The van der Waals surface area contributed by atoms with Gasteiger partial charge < -0.3 is 33.8 Å². The standard InChI is InChI=1S/C80H156O17P2/c1-7-10-12-14-16-18-20-22-24-26-27-28-29-30-32-34-36-38-40-44-52-58-64-79(84)96-75(68-90-77(82)62-56-50-43-39-37-35-33-31-25-23-21-19-17-15-13-11-8-2)70-94-98(86,87)92-66-74(81)67-93-99(88,89)95-71-76(97-80(85)65-59-53-45-41-42-48-54-60-72(4)5)69-91-78(83)63-57-51-47-46-49-55-61-73(6)9-3/h72-76,81H,7-71H2,1-6H3,(H,86,87)(H,88,89)/t73?,74-,75-,76-/m1/s1. The predicted molar refractivity (Wildman–Crippen MR) is 405 cm³/mol. The van der Waals surface area contributed by atoms with Gasteiger partial charge in [-0.1, -0.05) is 369 Å². The minimum Gasteiger partial charge on any atom is -0.462 e. The first-order chi connectivity index (χ1) is 47.9. The van der Waals surface area contributed by atoms with Crippen molar-refractivity contribution in [1.29, 1.82) is 0 Å². The third-order valence-corrected chi connectivity index (χ3v) is 21.0. The fourth-order valence-corrected chi connectivity index (χ4v) is 13.9. The van der Waals surface area contributed by atoms with E-state index in [4.69, 9.17) is 37.0 Å². The summed E-state index contributed by atoms with van der Waals surface area (Å²) in [5.74, 6) is -0.689. The lowest BCUT2D eigenvalue weighted by atomic mass is 10.00. The van der Waals surface area contributed by atoms with Crippen molar-refractivity contribution in [3.8, 4) is 0 Å². The maximum absolute atomic E-state index is 13.1. The fourth-order valence-electron chi connectivity index (χ4n) is 12.3. The molecule has 0 aromatic heterocycles. The Morgan fingerprint density at radius 2 is 0.515 bits per heavy atom. The van der Waals surface area contributed by atoms with Crippen LogP contribution in [-0.2, 0) is 65.4 Å². The molecule has 0 heterocycles. The summed E-state index contributed by atoms with van der Waals surface area (Å²) in [5.41, 5.74) is 0. The van der Waals surface area contributed by atoms with Gasteiger partial charge in [0, 0.05) is 25.7 Å².